The van der Waals surface area contributed by atoms with Gasteiger partial charge in [0.05, 0.1) is 40.1 Å². The monoisotopic (exact) mass is 652 g/mol. The lowest BCUT2D eigenvalue weighted by atomic mass is 9.78. The molecule has 5 rings (SSSR count). The number of methoxy groups -OCH3 is 1. The molecule has 4 aromatic rings. The van der Waals surface area contributed by atoms with Crippen LogP contribution in [-0.4, -0.2) is 60.9 Å². The molecule has 4 aromatic carbocycles. The summed E-state index contributed by atoms with van der Waals surface area (Å²) in [6, 6.07) is 39.1. The topological polar surface area (TPSA) is 92.7 Å². The molecule has 1 saturated heterocycles. The number of hydrogen-bond acceptors (Lipinski definition) is 8. The van der Waals surface area contributed by atoms with Crippen molar-refractivity contribution in [2.45, 2.75) is 69.0 Å². The second-order valence-electron chi connectivity index (χ2n) is 11.8. The molecule has 48 heavy (non-hydrogen) atoms. The van der Waals surface area contributed by atoms with Crippen LogP contribution in [-0.2, 0) is 59.6 Å². The highest BCUT2D eigenvalue weighted by atomic mass is 16.6. The van der Waals surface area contributed by atoms with Crippen LogP contribution in [0.3, 0.4) is 0 Å². The number of aliphatic hydroxyl groups is 1. The number of esters is 1. The van der Waals surface area contributed by atoms with Crippen LogP contribution < -0.4 is 0 Å². The number of rotatable bonds is 17. The summed E-state index contributed by atoms with van der Waals surface area (Å²) in [5.41, 5.74) is 2.13. The molecular formula is C40H44O8. The van der Waals surface area contributed by atoms with E-state index < -0.39 is 42.1 Å². The van der Waals surface area contributed by atoms with Gasteiger partial charge in [-0.25, -0.2) is 4.79 Å². The van der Waals surface area contributed by atoms with E-state index in [9.17, 15) is 9.90 Å². The molecule has 0 aliphatic carbocycles. The van der Waals surface area contributed by atoms with Crippen LogP contribution in [0.1, 0.15) is 28.7 Å². The molecule has 0 spiro atoms. The van der Waals surface area contributed by atoms with Gasteiger partial charge in [-0.15, -0.1) is 6.58 Å². The van der Waals surface area contributed by atoms with Crippen molar-refractivity contribution in [1.29, 1.82) is 0 Å². The fourth-order valence-corrected chi connectivity index (χ4v) is 6.02. The van der Waals surface area contributed by atoms with E-state index in [1.54, 1.807) is 6.08 Å². The Balaban J connectivity index is 1.56. The highest BCUT2D eigenvalue weighted by Gasteiger charge is 2.61. The summed E-state index contributed by atoms with van der Waals surface area (Å²) >= 11 is 0. The average molecular weight is 653 g/mol. The molecule has 6 atom stereocenters. The number of aliphatic hydroxyl groups excluding tert-OH is 1. The number of carbonyl (C=O) groups is 1. The maximum Gasteiger partial charge on any atom is 0.337 e. The van der Waals surface area contributed by atoms with Crippen LogP contribution in [0, 0.1) is 0 Å². The molecule has 8 nitrogen and oxygen atoms in total. The van der Waals surface area contributed by atoms with Crippen LogP contribution in [0.2, 0.25) is 0 Å². The molecule has 8 heteroatoms. The highest BCUT2D eigenvalue weighted by Crippen LogP contribution is 2.42. The fraction of sp³-hybridized carbons (Fsp3) is 0.325. The van der Waals surface area contributed by atoms with Gasteiger partial charge in [0.2, 0.25) is 0 Å². The fourth-order valence-electron chi connectivity index (χ4n) is 6.02. The largest absolute Gasteiger partial charge is 0.467 e. The Kier molecular flexibility index (Phi) is 13.1. The van der Waals surface area contributed by atoms with Gasteiger partial charge in [0.15, 0.2) is 6.10 Å². The average Bonchev–Trinajstić information content (AvgIpc) is 3.14. The Morgan fingerprint density at radius 3 is 1.62 bits per heavy atom. The zero-order valence-electron chi connectivity index (χ0n) is 27.3. The molecule has 0 saturated carbocycles. The molecule has 0 bridgehead atoms. The van der Waals surface area contributed by atoms with E-state index in [2.05, 4.69) is 6.58 Å². The van der Waals surface area contributed by atoms with E-state index in [1.165, 1.54) is 7.11 Å². The summed E-state index contributed by atoms with van der Waals surface area (Å²) in [4.78, 5) is 13.1. The number of carbonyl (C=O) groups excluding carboxylic acids is 1. The summed E-state index contributed by atoms with van der Waals surface area (Å²) in [7, 11) is 1.23. The van der Waals surface area contributed by atoms with Gasteiger partial charge in [-0.1, -0.05) is 127 Å². The molecule has 0 aromatic heterocycles. The van der Waals surface area contributed by atoms with Crippen molar-refractivity contribution >= 4 is 5.97 Å². The zero-order chi connectivity index (χ0) is 33.6. The second-order valence-corrected chi connectivity index (χ2v) is 11.8. The summed E-state index contributed by atoms with van der Waals surface area (Å²) in [6.07, 6.45) is -3.42. The smallest absolute Gasteiger partial charge is 0.337 e. The minimum absolute atomic E-state index is 0.0501. The third-order valence-corrected chi connectivity index (χ3v) is 8.43. The Morgan fingerprint density at radius 2 is 1.17 bits per heavy atom. The van der Waals surface area contributed by atoms with Crippen molar-refractivity contribution in [1.82, 2.24) is 0 Å². The minimum Gasteiger partial charge on any atom is -0.467 e. The number of hydrogen-bond donors (Lipinski definition) is 1. The van der Waals surface area contributed by atoms with Crippen molar-refractivity contribution in [3.8, 4) is 0 Å². The molecule has 0 amide bonds. The second kappa shape index (κ2) is 17.8. The predicted octanol–water partition coefficient (Wildman–Crippen LogP) is 6.21. The molecule has 1 N–H and O–H groups in total. The van der Waals surface area contributed by atoms with Gasteiger partial charge in [0.1, 0.15) is 30.0 Å². The molecule has 2 unspecified atom stereocenters. The number of benzene rings is 4. The minimum atomic E-state index is -1.74. The van der Waals surface area contributed by atoms with Crippen molar-refractivity contribution in [3.63, 3.8) is 0 Å². The molecule has 1 aliphatic rings. The van der Waals surface area contributed by atoms with Gasteiger partial charge in [0.25, 0.3) is 0 Å². The Morgan fingerprint density at radius 1 is 0.729 bits per heavy atom. The van der Waals surface area contributed by atoms with E-state index in [4.69, 9.17) is 28.4 Å². The van der Waals surface area contributed by atoms with E-state index in [-0.39, 0.29) is 32.8 Å². The molecule has 252 valence electrons. The Bertz CT molecular complexity index is 1520. The van der Waals surface area contributed by atoms with Gasteiger partial charge >= 0.3 is 5.97 Å². The lowest BCUT2D eigenvalue weighted by Crippen LogP contribution is -2.71. The summed E-state index contributed by atoms with van der Waals surface area (Å²) in [6.45, 7) is 5.00. The van der Waals surface area contributed by atoms with Crippen LogP contribution >= 0.6 is 0 Å². The highest BCUT2D eigenvalue weighted by molar-refractivity contribution is 5.76. The van der Waals surface area contributed by atoms with Crippen molar-refractivity contribution in [2.24, 2.45) is 0 Å². The Hall–Kier alpha value is -4.15. The van der Waals surface area contributed by atoms with Crippen molar-refractivity contribution < 1.29 is 38.3 Å². The Labute approximate surface area is 282 Å². The molecule has 1 heterocycles. The van der Waals surface area contributed by atoms with Crippen molar-refractivity contribution in [3.05, 3.63) is 156 Å². The quantitative estimate of drug-likeness (QED) is 0.106. The maximum atomic E-state index is 13.1. The first-order valence-electron chi connectivity index (χ1n) is 16.2. The summed E-state index contributed by atoms with van der Waals surface area (Å²) in [5, 5.41) is 11.7. The van der Waals surface area contributed by atoms with Crippen LogP contribution in [0.5, 0.6) is 0 Å². The molecular weight excluding hydrogens is 608 g/mol. The normalized spacial score (nSPS) is 22.9. The van der Waals surface area contributed by atoms with E-state index in [0.717, 1.165) is 22.3 Å². The molecule has 1 fully saturated rings. The number of ether oxygens (including phenoxy) is 6. The third kappa shape index (κ3) is 9.05. The summed E-state index contributed by atoms with van der Waals surface area (Å²) < 4.78 is 38.2. The zero-order valence-corrected chi connectivity index (χ0v) is 27.3. The first-order valence-corrected chi connectivity index (χ1v) is 16.2. The summed E-state index contributed by atoms with van der Waals surface area (Å²) in [5.74, 6) is -0.862. The van der Waals surface area contributed by atoms with Gasteiger partial charge in [-0.3, -0.25) is 0 Å². The van der Waals surface area contributed by atoms with Crippen LogP contribution in [0.25, 0.3) is 0 Å². The van der Waals surface area contributed by atoms with E-state index in [1.807, 2.05) is 121 Å². The molecule has 0 radical (unpaired) electrons. The standard InChI is InChI=1S/C40H44O8/c1-3-24-40(37(41)39(42)43-2)38(47-28-33-22-14-7-15-23-33)36(46-27-32-20-12-6-13-21-32)35(45-26-31-18-10-5-11-19-31)34(48-40)29-44-25-30-16-8-4-9-17-30/h3-23,34-38,41H,1,24-29H2,2H3/t34?,35-,36-,37+,38?,40-/m0/s1. The lowest BCUT2D eigenvalue weighted by molar-refractivity contribution is -0.324. The molecule has 1 aliphatic heterocycles. The van der Waals surface area contributed by atoms with Crippen molar-refractivity contribution in [2.75, 3.05) is 13.7 Å². The van der Waals surface area contributed by atoms with Gasteiger partial charge in [-0.05, 0) is 28.7 Å². The van der Waals surface area contributed by atoms with Gasteiger partial charge in [0, 0.05) is 0 Å². The van der Waals surface area contributed by atoms with Crippen LogP contribution in [0.15, 0.2) is 134 Å². The van der Waals surface area contributed by atoms with E-state index in [0.29, 0.717) is 6.61 Å². The predicted molar refractivity (Wildman–Crippen MR) is 182 cm³/mol. The maximum absolute atomic E-state index is 13.1. The first kappa shape index (κ1) is 35.2. The SMILES string of the molecule is C=CC[C@@]1([C@H](O)C(=O)OC)OC(COCc2ccccc2)[C@H](OCc2ccccc2)[C@H](OCc2ccccc2)C1OCc1ccccc1. The lowest BCUT2D eigenvalue weighted by Gasteiger charge is -2.53. The van der Waals surface area contributed by atoms with E-state index >= 15 is 0 Å². The van der Waals surface area contributed by atoms with Gasteiger partial charge in [-0.2, -0.15) is 0 Å². The van der Waals surface area contributed by atoms with Crippen LogP contribution in [0.4, 0.5) is 0 Å². The van der Waals surface area contributed by atoms with Gasteiger partial charge < -0.3 is 33.5 Å². The first-order chi connectivity index (χ1) is 23.5. The third-order valence-electron chi connectivity index (χ3n) is 8.43.